The Morgan fingerprint density at radius 3 is 2.92 bits per heavy atom. The van der Waals surface area contributed by atoms with Crippen LogP contribution >= 0.6 is 11.6 Å². The van der Waals surface area contributed by atoms with E-state index in [1.807, 2.05) is 6.92 Å². The predicted octanol–water partition coefficient (Wildman–Crippen LogP) is 2.17. The van der Waals surface area contributed by atoms with Gasteiger partial charge in [-0.15, -0.1) is 6.42 Å². The average molecular weight is 181 g/mol. The number of pyridine rings is 1. The van der Waals surface area contributed by atoms with Crippen LogP contribution < -0.4 is 5.32 Å². The molecule has 1 heterocycles. The smallest absolute Gasteiger partial charge is 0.126 e. The highest BCUT2D eigenvalue weighted by Gasteiger charge is 1.97. The summed E-state index contributed by atoms with van der Waals surface area (Å²) in [6.07, 6.45) is 6.76. The number of anilines is 1. The van der Waals surface area contributed by atoms with E-state index in [9.17, 15) is 0 Å². The van der Waals surface area contributed by atoms with Crippen molar-refractivity contribution in [2.75, 3.05) is 5.32 Å². The van der Waals surface area contributed by atoms with Crippen LogP contribution in [-0.2, 0) is 0 Å². The Hall–Kier alpha value is -1.20. The Morgan fingerprint density at radius 1 is 1.67 bits per heavy atom. The molecule has 3 heteroatoms. The highest BCUT2D eigenvalue weighted by molar-refractivity contribution is 6.30. The highest BCUT2D eigenvalue weighted by Crippen LogP contribution is 2.09. The highest BCUT2D eigenvalue weighted by atomic mass is 35.5. The molecule has 0 saturated carbocycles. The fraction of sp³-hybridized carbons (Fsp3) is 0.222. The zero-order valence-corrected chi connectivity index (χ0v) is 7.47. The molecule has 62 valence electrons. The monoisotopic (exact) mass is 180 g/mol. The first-order chi connectivity index (χ1) is 5.72. The Labute approximate surface area is 77.0 Å². The van der Waals surface area contributed by atoms with Crippen molar-refractivity contribution >= 4 is 17.4 Å². The van der Waals surface area contributed by atoms with Crippen LogP contribution in [0, 0.1) is 12.3 Å². The molecule has 0 saturated heterocycles. The van der Waals surface area contributed by atoms with Crippen molar-refractivity contribution in [3.05, 3.63) is 23.4 Å². The Kier molecular flexibility index (Phi) is 2.95. The van der Waals surface area contributed by atoms with Crippen LogP contribution in [0.5, 0.6) is 0 Å². The quantitative estimate of drug-likeness (QED) is 0.706. The second kappa shape index (κ2) is 3.99. The van der Waals surface area contributed by atoms with E-state index in [1.54, 1.807) is 18.3 Å². The van der Waals surface area contributed by atoms with Crippen LogP contribution in [0.15, 0.2) is 18.3 Å². The number of nitrogens with one attached hydrogen (secondary N) is 1. The summed E-state index contributed by atoms with van der Waals surface area (Å²) < 4.78 is 0. The fourth-order valence-electron chi connectivity index (χ4n) is 0.725. The van der Waals surface area contributed by atoms with Gasteiger partial charge in [0.05, 0.1) is 11.1 Å². The summed E-state index contributed by atoms with van der Waals surface area (Å²) in [4.78, 5) is 4.03. The normalized spacial score (nSPS) is 11.8. The average Bonchev–Trinajstić information content (AvgIpc) is 2.09. The lowest BCUT2D eigenvalue weighted by Gasteiger charge is -2.06. The molecule has 0 aliphatic rings. The summed E-state index contributed by atoms with van der Waals surface area (Å²) >= 11 is 5.65. The summed E-state index contributed by atoms with van der Waals surface area (Å²) in [6, 6.07) is 3.54. The molecule has 1 aromatic heterocycles. The maximum Gasteiger partial charge on any atom is 0.126 e. The van der Waals surface area contributed by atoms with E-state index in [2.05, 4.69) is 16.2 Å². The van der Waals surface area contributed by atoms with Gasteiger partial charge >= 0.3 is 0 Å². The molecule has 0 bridgehead atoms. The van der Waals surface area contributed by atoms with Gasteiger partial charge in [-0.2, -0.15) is 0 Å². The molecule has 2 nitrogen and oxygen atoms in total. The molecule has 0 spiro atoms. The summed E-state index contributed by atoms with van der Waals surface area (Å²) in [5.74, 6) is 3.28. The number of aromatic nitrogens is 1. The first-order valence-electron chi connectivity index (χ1n) is 3.56. The van der Waals surface area contributed by atoms with E-state index in [4.69, 9.17) is 18.0 Å². The lowest BCUT2D eigenvalue weighted by Crippen LogP contribution is -2.12. The van der Waals surface area contributed by atoms with E-state index >= 15 is 0 Å². The molecule has 0 amide bonds. The van der Waals surface area contributed by atoms with Gasteiger partial charge in [0.25, 0.3) is 0 Å². The van der Waals surface area contributed by atoms with Crippen molar-refractivity contribution in [3.8, 4) is 12.3 Å². The molecule has 0 aliphatic carbocycles. The Morgan fingerprint density at radius 2 is 2.42 bits per heavy atom. The van der Waals surface area contributed by atoms with Gasteiger partial charge in [0.15, 0.2) is 0 Å². The molecule has 0 aromatic carbocycles. The summed E-state index contributed by atoms with van der Waals surface area (Å²) in [5, 5.41) is 3.63. The van der Waals surface area contributed by atoms with Crippen molar-refractivity contribution in [1.29, 1.82) is 0 Å². The molecule has 0 radical (unpaired) electrons. The molecule has 12 heavy (non-hydrogen) atoms. The van der Waals surface area contributed by atoms with Crippen molar-refractivity contribution in [2.45, 2.75) is 13.0 Å². The van der Waals surface area contributed by atoms with E-state index in [1.165, 1.54) is 0 Å². The Bertz CT molecular complexity index is 286. The molecular formula is C9H9ClN2. The van der Waals surface area contributed by atoms with Gasteiger partial charge in [-0.1, -0.05) is 17.5 Å². The van der Waals surface area contributed by atoms with Gasteiger partial charge in [-0.25, -0.2) is 4.98 Å². The van der Waals surface area contributed by atoms with E-state index in [0.29, 0.717) is 5.02 Å². The zero-order chi connectivity index (χ0) is 8.97. The van der Waals surface area contributed by atoms with Crippen LogP contribution in [0.1, 0.15) is 6.92 Å². The van der Waals surface area contributed by atoms with E-state index < -0.39 is 0 Å². The van der Waals surface area contributed by atoms with Crippen LogP contribution in [0.4, 0.5) is 5.82 Å². The first kappa shape index (κ1) is 8.89. The number of hydrogen-bond acceptors (Lipinski definition) is 2. The van der Waals surface area contributed by atoms with Crippen molar-refractivity contribution < 1.29 is 0 Å². The fourth-order valence-corrected chi connectivity index (χ4v) is 0.836. The number of rotatable bonds is 2. The van der Waals surface area contributed by atoms with E-state index in [-0.39, 0.29) is 6.04 Å². The lowest BCUT2D eigenvalue weighted by atomic mass is 10.3. The van der Waals surface area contributed by atoms with Crippen LogP contribution in [0.2, 0.25) is 5.02 Å². The molecule has 1 rings (SSSR count). The molecule has 1 unspecified atom stereocenters. The van der Waals surface area contributed by atoms with Gasteiger partial charge in [0.1, 0.15) is 5.82 Å². The van der Waals surface area contributed by atoms with Gasteiger partial charge < -0.3 is 5.32 Å². The number of nitrogens with zero attached hydrogens (tertiary/aromatic N) is 1. The second-order valence-corrected chi connectivity index (χ2v) is 2.83. The minimum atomic E-state index is -0.0151. The van der Waals surface area contributed by atoms with Gasteiger partial charge in [-0.05, 0) is 19.1 Å². The molecule has 0 fully saturated rings. The molecule has 1 atom stereocenters. The second-order valence-electron chi connectivity index (χ2n) is 2.39. The largest absolute Gasteiger partial charge is 0.357 e. The molecule has 0 aliphatic heterocycles. The third kappa shape index (κ3) is 2.44. The standard InChI is InChI=1S/C9H9ClN2/c1-3-7(2)12-9-5-4-8(10)6-11-9/h1,4-7H,2H3,(H,11,12). The first-order valence-corrected chi connectivity index (χ1v) is 3.94. The zero-order valence-electron chi connectivity index (χ0n) is 6.71. The summed E-state index contributed by atoms with van der Waals surface area (Å²) in [5.41, 5.74) is 0. The van der Waals surface area contributed by atoms with Gasteiger partial charge in [0.2, 0.25) is 0 Å². The van der Waals surface area contributed by atoms with Gasteiger partial charge in [0, 0.05) is 6.20 Å². The number of hydrogen-bond donors (Lipinski definition) is 1. The van der Waals surface area contributed by atoms with E-state index in [0.717, 1.165) is 5.82 Å². The van der Waals surface area contributed by atoms with Crippen LogP contribution in [0.3, 0.4) is 0 Å². The molecule has 1 N–H and O–H groups in total. The maximum absolute atomic E-state index is 5.65. The summed E-state index contributed by atoms with van der Waals surface area (Å²) in [7, 11) is 0. The van der Waals surface area contributed by atoms with Crippen molar-refractivity contribution in [2.24, 2.45) is 0 Å². The van der Waals surface area contributed by atoms with Crippen LogP contribution in [-0.4, -0.2) is 11.0 Å². The SMILES string of the molecule is C#CC(C)Nc1ccc(Cl)cn1. The number of terminal acetylenes is 1. The Balaban J connectivity index is 2.66. The summed E-state index contributed by atoms with van der Waals surface area (Å²) in [6.45, 7) is 1.89. The topological polar surface area (TPSA) is 24.9 Å². The lowest BCUT2D eigenvalue weighted by molar-refractivity contribution is 1.01. The third-order valence-electron chi connectivity index (χ3n) is 1.34. The maximum atomic E-state index is 5.65. The molecule has 1 aromatic rings. The van der Waals surface area contributed by atoms with Crippen molar-refractivity contribution in [1.82, 2.24) is 4.98 Å². The predicted molar refractivity (Wildman–Crippen MR) is 51.2 cm³/mol. The van der Waals surface area contributed by atoms with Crippen molar-refractivity contribution in [3.63, 3.8) is 0 Å². The third-order valence-corrected chi connectivity index (χ3v) is 1.57. The van der Waals surface area contributed by atoms with Crippen LogP contribution in [0.25, 0.3) is 0 Å². The minimum absolute atomic E-state index is 0.0151. The number of halogens is 1. The molecular weight excluding hydrogens is 172 g/mol. The minimum Gasteiger partial charge on any atom is -0.357 e. The van der Waals surface area contributed by atoms with Gasteiger partial charge in [-0.3, -0.25) is 0 Å².